The monoisotopic (exact) mass is 364 g/mol. The zero-order valence-corrected chi connectivity index (χ0v) is 12.9. The van der Waals surface area contributed by atoms with Gasteiger partial charge >= 0.3 is 12.1 Å². The van der Waals surface area contributed by atoms with E-state index in [1.165, 1.54) is 42.5 Å². The number of carbonyl (C=O) groups excluding carboxylic acids is 1. The van der Waals surface area contributed by atoms with Crippen LogP contribution in [0.1, 0.15) is 21.5 Å². The Morgan fingerprint density at radius 1 is 1.00 bits per heavy atom. The highest BCUT2D eigenvalue weighted by Gasteiger charge is 2.48. The summed E-state index contributed by atoms with van der Waals surface area (Å²) in [6, 6.07) is 9.19. The highest BCUT2D eigenvalue weighted by atomic mass is 19.4. The number of rotatable bonds is 3. The molecule has 2 aromatic rings. The largest absolute Gasteiger partial charge is 0.508 e. The summed E-state index contributed by atoms with van der Waals surface area (Å²) in [6.07, 6.45) is -6.61. The molecule has 1 unspecified atom stereocenters. The van der Waals surface area contributed by atoms with Crippen molar-refractivity contribution in [3.8, 4) is 11.5 Å². The van der Waals surface area contributed by atoms with E-state index in [1.54, 1.807) is 0 Å². The average Bonchev–Trinajstić information content (AvgIpc) is 2.59. The SMILES string of the molecule is O=C(O)C1=Cc2cc(C(=O)c3ccc(O)cc3)ccc2OC1C(F)(F)F. The van der Waals surface area contributed by atoms with E-state index in [1.807, 2.05) is 0 Å². The summed E-state index contributed by atoms with van der Waals surface area (Å²) in [4.78, 5) is 23.6. The number of benzene rings is 2. The number of alkyl halides is 3. The van der Waals surface area contributed by atoms with Gasteiger partial charge in [0, 0.05) is 16.7 Å². The van der Waals surface area contributed by atoms with Crippen LogP contribution in [0.2, 0.25) is 0 Å². The van der Waals surface area contributed by atoms with E-state index in [9.17, 15) is 27.9 Å². The number of phenols is 1. The molecule has 3 rings (SSSR count). The molecule has 26 heavy (non-hydrogen) atoms. The summed E-state index contributed by atoms with van der Waals surface area (Å²) >= 11 is 0. The number of hydrogen-bond donors (Lipinski definition) is 2. The van der Waals surface area contributed by atoms with Crippen molar-refractivity contribution in [2.75, 3.05) is 0 Å². The molecule has 1 aliphatic heterocycles. The maximum absolute atomic E-state index is 13.0. The quantitative estimate of drug-likeness (QED) is 0.816. The predicted octanol–water partition coefficient (Wildman–Crippen LogP) is 3.41. The van der Waals surface area contributed by atoms with Crippen LogP contribution in [-0.2, 0) is 4.79 Å². The fourth-order valence-electron chi connectivity index (χ4n) is 2.54. The summed E-state index contributed by atoms with van der Waals surface area (Å²) in [5, 5.41) is 18.3. The molecule has 0 saturated heterocycles. The molecule has 0 radical (unpaired) electrons. The first kappa shape index (κ1) is 17.5. The fraction of sp³-hybridized carbons (Fsp3) is 0.111. The number of phenolic OH excluding ortho intramolecular Hbond substituents is 1. The molecular weight excluding hydrogens is 353 g/mol. The molecule has 1 aliphatic rings. The second-order valence-electron chi connectivity index (χ2n) is 5.57. The van der Waals surface area contributed by atoms with E-state index in [0.29, 0.717) is 0 Å². The number of carbonyl (C=O) groups is 2. The van der Waals surface area contributed by atoms with Gasteiger partial charge in [-0.25, -0.2) is 4.79 Å². The van der Waals surface area contributed by atoms with Gasteiger partial charge in [0.1, 0.15) is 11.5 Å². The highest BCUT2D eigenvalue weighted by Crippen LogP contribution is 2.37. The molecule has 0 amide bonds. The standard InChI is InChI=1S/C18H11F3O5/c19-18(20,21)16-13(17(24)25)8-11-7-10(3-6-14(11)26-16)15(23)9-1-4-12(22)5-2-9/h1-8,16,22H,(H,24,25). The Hall–Kier alpha value is -3.29. The van der Waals surface area contributed by atoms with E-state index in [2.05, 4.69) is 0 Å². The van der Waals surface area contributed by atoms with Crippen molar-refractivity contribution < 1.29 is 37.7 Å². The smallest absolute Gasteiger partial charge is 0.430 e. The number of carboxylic acid groups (broad SMARTS) is 1. The van der Waals surface area contributed by atoms with Gasteiger partial charge in [0.15, 0.2) is 5.78 Å². The van der Waals surface area contributed by atoms with Gasteiger partial charge in [-0.3, -0.25) is 4.79 Å². The summed E-state index contributed by atoms with van der Waals surface area (Å²) in [5.74, 6) is -2.38. The minimum atomic E-state index is -4.89. The second kappa shape index (κ2) is 6.21. The number of fused-ring (bicyclic) bond motifs is 1. The first-order valence-corrected chi connectivity index (χ1v) is 7.33. The van der Waals surface area contributed by atoms with Crippen LogP contribution in [-0.4, -0.2) is 34.2 Å². The fourth-order valence-corrected chi connectivity index (χ4v) is 2.54. The summed E-state index contributed by atoms with van der Waals surface area (Å²) in [5.41, 5.74) is -0.494. The van der Waals surface area contributed by atoms with Crippen molar-refractivity contribution in [1.82, 2.24) is 0 Å². The average molecular weight is 364 g/mol. The van der Waals surface area contributed by atoms with Gasteiger partial charge in [0.05, 0.1) is 5.57 Å². The highest BCUT2D eigenvalue weighted by molar-refractivity contribution is 6.09. The third kappa shape index (κ3) is 3.26. The molecule has 2 aromatic carbocycles. The number of hydrogen-bond acceptors (Lipinski definition) is 4. The van der Waals surface area contributed by atoms with Crippen LogP contribution in [0.25, 0.3) is 6.08 Å². The lowest BCUT2D eigenvalue weighted by Gasteiger charge is -2.27. The Balaban J connectivity index is 2.01. The van der Waals surface area contributed by atoms with E-state index in [4.69, 9.17) is 9.84 Å². The van der Waals surface area contributed by atoms with Crippen molar-refractivity contribution in [3.05, 3.63) is 64.7 Å². The van der Waals surface area contributed by atoms with Gasteiger partial charge in [-0.1, -0.05) is 0 Å². The lowest BCUT2D eigenvalue weighted by Crippen LogP contribution is -2.40. The lowest BCUT2D eigenvalue weighted by atomic mass is 9.96. The topological polar surface area (TPSA) is 83.8 Å². The molecule has 0 bridgehead atoms. The number of carboxylic acids is 1. The Labute approximate surface area is 145 Å². The molecule has 1 atom stereocenters. The first-order chi connectivity index (χ1) is 12.2. The van der Waals surface area contributed by atoms with Crippen molar-refractivity contribution >= 4 is 17.8 Å². The zero-order valence-electron chi connectivity index (χ0n) is 12.9. The number of halogens is 3. The van der Waals surface area contributed by atoms with Gasteiger partial charge < -0.3 is 14.9 Å². The van der Waals surface area contributed by atoms with Crippen LogP contribution < -0.4 is 4.74 Å². The Bertz CT molecular complexity index is 913. The Morgan fingerprint density at radius 3 is 2.19 bits per heavy atom. The number of ketones is 1. The molecule has 134 valence electrons. The minimum absolute atomic E-state index is 0.0207. The van der Waals surface area contributed by atoms with Crippen molar-refractivity contribution in [2.24, 2.45) is 0 Å². The van der Waals surface area contributed by atoms with Crippen LogP contribution in [0.3, 0.4) is 0 Å². The second-order valence-corrected chi connectivity index (χ2v) is 5.57. The van der Waals surface area contributed by atoms with Gasteiger partial charge in [-0.05, 0) is 48.5 Å². The Kier molecular flexibility index (Phi) is 4.19. The minimum Gasteiger partial charge on any atom is -0.508 e. The molecule has 0 aromatic heterocycles. The molecule has 0 aliphatic carbocycles. The zero-order chi connectivity index (χ0) is 19.1. The summed E-state index contributed by atoms with van der Waals surface area (Å²) in [6.45, 7) is 0. The van der Waals surface area contributed by atoms with Gasteiger partial charge in [-0.2, -0.15) is 13.2 Å². The maximum Gasteiger partial charge on any atom is 0.430 e. The predicted molar refractivity (Wildman–Crippen MR) is 84.1 cm³/mol. The molecule has 5 nitrogen and oxygen atoms in total. The summed E-state index contributed by atoms with van der Waals surface area (Å²) < 4.78 is 43.8. The van der Waals surface area contributed by atoms with Crippen molar-refractivity contribution in [2.45, 2.75) is 12.3 Å². The molecule has 0 spiro atoms. The van der Waals surface area contributed by atoms with Crippen LogP contribution in [0.4, 0.5) is 13.2 Å². The first-order valence-electron chi connectivity index (χ1n) is 7.33. The van der Waals surface area contributed by atoms with Gasteiger partial charge in [-0.15, -0.1) is 0 Å². The van der Waals surface area contributed by atoms with Gasteiger partial charge in [0.2, 0.25) is 6.10 Å². The van der Waals surface area contributed by atoms with Crippen molar-refractivity contribution in [3.63, 3.8) is 0 Å². The summed E-state index contributed by atoms with van der Waals surface area (Å²) in [7, 11) is 0. The maximum atomic E-state index is 13.0. The van der Waals surface area contributed by atoms with Crippen LogP contribution in [0, 0.1) is 0 Å². The van der Waals surface area contributed by atoms with E-state index < -0.39 is 29.6 Å². The molecule has 1 heterocycles. The molecule has 2 N–H and O–H groups in total. The normalized spacial score (nSPS) is 16.3. The van der Waals surface area contributed by atoms with Crippen LogP contribution in [0.15, 0.2) is 48.0 Å². The number of aromatic hydroxyl groups is 1. The molecule has 0 fully saturated rings. The van der Waals surface area contributed by atoms with E-state index in [0.717, 1.165) is 6.08 Å². The molecule has 8 heteroatoms. The molecule has 0 saturated carbocycles. The molecular formula is C18H11F3O5. The lowest BCUT2D eigenvalue weighted by molar-refractivity contribution is -0.187. The third-order valence-corrected chi connectivity index (χ3v) is 3.78. The van der Waals surface area contributed by atoms with Crippen LogP contribution in [0.5, 0.6) is 11.5 Å². The Morgan fingerprint density at radius 2 is 1.62 bits per heavy atom. The van der Waals surface area contributed by atoms with Crippen molar-refractivity contribution in [1.29, 1.82) is 0 Å². The number of ether oxygens (including phenoxy) is 1. The van der Waals surface area contributed by atoms with E-state index in [-0.39, 0.29) is 28.2 Å². The third-order valence-electron chi connectivity index (χ3n) is 3.78. The van der Waals surface area contributed by atoms with Crippen LogP contribution >= 0.6 is 0 Å². The van der Waals surface area contributed by atoms with E-state index >= 15 is 0 Å². The van der Waals surface area contributed by atoms with Gasteiger partial charge in [0.25, 0.3) is 0 Å². The number of aliphatic carboxylic acids is 1.